The summed E-state index contributed by atoms with van der Waals surface area (Å²) in [6.07, 6.45) is 5.38. The predicted molar refractivity (Wildman–Crippen MR) is 51.4 cm³/mol. The van der Waals surface area contributed by atoms with Gasteiger partial charge in [-0.05, 0) is 32.4 Å². The Hall–Kier alpha value is -0.0800. The van der Waals surface area contributed by atoms with E-state index in [1.54, 1.807) is 7.11 Å². The molecule has 1 atom stereocenters. The second-order valence-electron chi connectivity index (χ2n) is 3.61. The van der Waals surface area contributed by atoms with Gasteiger partial charge in [-0.2, -0.15) is 0 Å². The summed E-state index contributed by atoms with van der Waals surface area (Å²) in [5.41, 5.74) is 0. The summed E-state index contributed by atoms with van der Waals surface area (Å²) < 4.78 is 5.21. The van der Waals surface area contributed by atoms with Crippen molar-refractivity contribution in [3.05, 3.63) is 0 Å². The van der Waals surface area contributed by atoms with E-state index in [9.17, 15) is 0 Å². The molecule has 1 aliphatic rings. The maximum atomic E-state index is 5.21. The Morgan fingerprint density at radius 3 is 2.42 bits per heavy atom. The molecule has 0 radical (unpaired) electrons. The third kappa shape index (κ3) is 2.76. The molecule has 72 valence electrons. The molecule has 0 saturated carbocycles. The molecule has 0 aromatic carbocycles. The van der Waals surface area contributed by atoms with E-state index in [1.807, 2.05) is 0 Å². The summed E-state index contributed by atoms with van der Waals surface area (Å²) in [5, 5.41) is 0. The first-order valence-corrected chi connectivity index (χ1v) is 5.11. The van der Waals surface area contributed by atoms with Crippen molar-refractivity contribution in [2.45, 2.75) is 38.6 Å². The van der Waals surface area contributed by atoms with Crippen LogP contribution in [0, 0.1) is 0 Å². The van der Waals surface area contributed by atoms with Crippen molar-refractivity contribution in [3.8, 4) is 0 Å². The molecule has 0 spiro atoms. The number of nitrogens with zero attached hydrogens (tertiary/aromatic N) is 1. The summed E-state index contributed by atoms with van der Waals surface area (Å²) in [5.74, 6) is 0. The summed E-state index contributed by atoms with van der Waals surface area (Å²) in [6.45, 7) is 5.71. The van der Waals surface area contributed by atoms with Crippen molar-refractivity contribution in [1.29, 1.82) is 0 Å². The minimum absolute atomic E-state index is 0.662. The van der Waals surface area contributed by atoms with E-state index in [0.29, 0.717) is 6.04 Å². The van der Waals surface area contributed by atoms with Gasteiger partial charge in [-0.3, -0.25) is 4.90 Å². The van der Waals surface area contributed by atoms with Gasteiger partial charge in [0.2, 0.25) is 0 Å². The fourth-order valence-corrected chi connectivity index (χ4v) is 1.96. The van der Waals surface area contributed by atoms with E-state index < -0.39 is 0 Å². The number of rotatable bonds is 4. The number of methoxy groups -OCH3 is 1. The number of hydrogen-bond acceptors (Lipinski definition) is 2. The van der Waals surface area contributed by atoms with E-state index >= 15 is 0 Å². The molecule has 1 rings (SSSR count). The number of likely N-dealkylation sites (tertiary alicyclic amines) is 1. The van der Waals surface area contributed by atoms with Crippen LogP contribution in [0.3, 0.4) is 0 Å². The highest BCUT2D eigenvalue weighted by Crippen LogP contribution is 2.14. The van der Waals surface area contributed by atoms with Crippen molar-refractivity contribution in [2.75, 3.05) is 26.8 Å². The molecular formula is C10H21NO. The van der Waals surface area contributed by atoms with Gasteiger partial charge < -0.3 is 4.74 Å². The monoisotopic (exact) mass is 171 g/mol. The molecule has 2 nitrogen and oxygen atoms in total. The second-order valence-corrected chi connectivity index (χ2v) is 3.61. The van der Waals surface area contributed by atoms with Gasteiger partial charge in [0, 0.05) is 13.2 Å². The predicted octanol–water partition coefficient (Wildman–Crippen LogP) is 1.90. The van der Waals surface area contributed by atoms with E-state index in [0.717, 1.165) is 6.61 Å². The molecule has 12 heavy (non-hydrogen) atoms. The Labute approximate surface area is 75.9 Å². The van der Waals surface area contributed by atoms with Crippen LogP contribution in [0.5, 0.6) is 0 Å². The van der Waals surface area contributed by atoms with Crippen molar-refractivity contribution >= 4 is 0 Å². The molecule has 0 bridgehead atoms. The van der Waals surface area contributed by atoms with Crippen molar-refractivity contribution < 1.29 is 4.74 Å². The average molecular weight is 171 g/mol. The summed E-state index contributed by atoms with van der Waals surface area (Å²) in [4.78, 5) is 2.58. The Kier molecular flexibility index (Phi) is 4.62. The van der Waals surface area contributed by atoms with Crippen LogP contribution in [0.2, 0.25) is 0 Å². The SMILES string of the molecule is CCC(COC)N1CCCCC1. The maximum Gasteiger partial charge on any atom is 0.0617 e. The van der Waals surface area contributed by atoms with Gasteiger partial charge in [0.25, 0.3) is 0 Å². The fourth-order valence-electron chi connectivity index (χ4n) is 1.96. The zero-order valence-electron chi connectivity index (χ0n) is 8.38. The molecule has 1 heterocycles. The second kappa shape index (κ2) is 5.55. The van der Waals surface area contributed by atoms with Crippen LogP contribution in [0.25, 0.3) is 0 Å². The molecule has 1 aliphatic heterocycles. The zero-order chi connectivity index (χ0) is 8.81. The highest BCUT2D eigenvalue weighted by atomic mass is 16.5. The summed E-state index contributed by atoms with van der Waals surface area (Å²) in [6, 6.07) is 0.662. The van der Waals surface area contributed by atoms with Gasteiger partial charge in [0.05, 0.1) is 6.61 Å². The minimum Gasteiger partial charge on any atom is -0.383 e. The smallest absolute Gasteiger partial charge is 0.0617 e. The fraction of sp³-hybridized carbons (Fsp3) is 1.00. The highest BCUT2D eigenvalue weighted by molar-refractivity contribution is 4.73. The molecule has 0 aromatic heterocycles. The van der Waals surface area contributed by atoms with Gasteiger partial charge in [-0.1, -0.05) is 13.3 Å². The first kappa shape index (κ1) is 10.0. The van der Waals surface area contributed by atoms with Gasteiger partial charge in [0.15, 0.2) is 0 Å². The summed E-state index contributed by atoms with van der Waals surface area (Å²) in [7, 11) is 1.80. The normalized spacial score (nSPS) is 22.5. The molecule has 0 aliphatic carbocycles. The Morgan fingerprint density at radius 2 is 1.92 bits per heavy atom. The first-order valence-electron chi connectivity index (χ1n) is 5.11. The quantitative estimate of drug-likeness (QED) is 0.640. The van der Waals surface area contributed by atoms with Gasteiger partial charge in [-0.25, -0.2) is 0 Å². The van der Waals surface area contributed by atoms with Crippen LogP contribution in [0.1, 0.15) is 32.6 Å². The molecule has 0 aromatic rings. The molecule has 1 fully saturated rings. The van der Waals surface area contributed by atoms with Crippen molar-refractivity contribution in [2.24, 2.45) is 0 Å². The topological polar surface area (TPSA) is 12.5 Å². The van der Waals surface area contributed by atoms with E-state index in [4.69, 9.17) is 4.74 Å². The Balaban J connectivity index is 2.29. The molecule has 0 N–H and O–H groups in total. The van der Waals surface area contributed by atoms with Gasteiger partial charge in [-0.15, -0.1) is 0 Å². The van der Waals surface area contributed by atoms with Crippen LogP contribution in [-0.2, 0) is 4.74 Å². The number of piperidine rings is 1. The number of ether oxygens (including phenoxy) is 1. The molecular weight excluding hydrogens is 150 g/mol. The summed E-state index contributed by atoms with van der Waals surface area (Å²) >= 11 is 0. The van der Waals surface area contributed by atoms with E-state index in [1.165, 1.54) is 38.8 Å². The van der Waals surface area contributed by atoms with E-state index in [2.05, 4.69) is 11.8 Å². The van der Waals surface area contributed by atoms with Crippen LogP contribution in [0.4, 0.5) is 0 Å². The molecule has 1 saturated heterocycles. The minimum atomic E-state index is 0.662. The largest absolute Gasteiger partial charge is 0.383 e. The van der Waals surface area contributed by atoms with Crippen molar-refractivity contribution in [1.82, 2.24) is 4.90 Å². The van der Waals surface area contributed by atoms with Gasteiger partial charge in [0.1, 0.15) is 0 Å². The molecule has 0 amide bonds. The first-order chi connectivity index (χ1) is 5.88. The third-order valence-corrected chi connectivity index (χ3v) is 2.74. The lowest BCUT2D eigenvalue weighted by Crippen LogP contribution is -2.41. The number of hydrogen-bond donors (Lipinski definition) is 0. The Bertz CT molecular complexity index is 108. The maximum absolute atomic E-state index is 5.21. The Morgan fingerprint density at radius 1 is 1.25 bits per heavy atom. The average Bonchev–Trinajstić information content (AvgIpc) is 2.15. The lowest BCUT2D eigenvalue weighted by molar-refractivity contribution is 0.0748. The van der Waals surface area contributed by atoms with Gasteiger partial charge >= 0.3 is 0 Å². The van der Waals surface area contributed by atoms with Crippen LogP contribution >= 0.6 is 0 Å². The van der Waals surface area contributed by atoms with Crippen molar-refractivity contribution in [3.63, 3.8) is 0 Å². The zero-order valence-corrected chi connectivity index (χ0v) is 8.38. The van der Waals surface area contributed by atoms with Crippen LogP contribution in [-0.4, -0.2) is 37.7 Å². The van der Waals surface area contributed by atoms with Crippen LogP contribution in [0.15, 0.2) is 0 Å². The standard InChI is InChI=1S/C10H21NO/c1-3-10(9-12-2)11-7-5-4-6-8-11/h10H,3-9H2,1-2H3. The van der Waals surface area contributed by atoms with E-state index in [-0.39, 0.29) is 0 Å². The molecule has 2 heteroatoms. The third-order valence-electron chi connectivity index (χ3n) is 2.74. The molecule has 1 unspecified atom stereocenters. The lowest BCUT2D eigenvalue weighted by atomic mass is 10.1. The van der Waals surface area contributed by atoms with Crippen LogP contribution < -0.4 is 0 Å². The highest BCUT2D eigenvalue weighted by Gasteiger charge is 2.18. The lowest BCUT2D eigenvalue weighted by Gasteiger charge is -2.33.